The Morgan fingerprint density at radius 3 is 3.00 bits per heavy atom. The minimum absolute atomic E-state index is 0.129. The Morgan fingerprint density at radius 2 is 2.43 bits per heavy atom. The van der Waals surface area contributed by atoms with E-state index in [1.807, 2.05) is 13.0 Å². The van der Waals surface area contributed by atoms with Gasteiger partial charge in [-0.2, -0.15) is 5.10 Å². The molecule has 0 amide bonds. The topological polar surface area (TPSA) is 44.1 Å². The molecule has 0 aliphatic heterocycles. The molecule has 0 spiro atoms. The molecule has 1 heterocycles. The van der Waals surface area contributed by atoms with Crippen LogP contribution in [0.2, 0.25) is 0 Å². The van der Waals surface area contributed by atoms with Crippen LogP contribution in [0.4, 0.5) is 0 Å². The van der Waals surface area contributed by atoms with Gasteiger partial charge in [0.15, 0.2) is 0 Å². The fraction of sp³-hybridized carbons (Fsp3) is 0.556. The molecule has 0 aliphatic rings. The summed E-state index contributed by atoms with van der Waals surface area (Å²) in [6.07, 6.45) is 0. The number of esters is 1. The number of alkyl halides is 1. The first-order chi connectivity index (χ1) is 6.67. The Morgan fingerprint density at radius 1 is 1.71 bits per heavy atom. The Hall–Kier alpha value is -1.03. The van der Waals surface area contributed by atoms with Crippen LogP contribution in [-0.4, -0.2) is 22.4 Å². The highest BCUT2D eigenvalue weighted by Crippen LogP contribution is 2.06. The van der Waals surface area contributed by atoms with Crippen LogP contribution in [-0.2, 0) is 22.0 Å². The van der Waals surface area contributed by atoms with Crippen molar-refractivity contribution in [3.05, 3.63) is 17.5 Å². The van der Waals surface area contributed by atoms with Gasteiger partial charge in [-0.3, -0.25) is 9.48 Å². The predicted molar refractivity (Wildman–Crippen MR) is 53.2 cm³/mol. The van der Waals surface area contributed by atoms with E-state index >= 15 is 0 Å². The third-order valence-electron chi connectivity index (χ3n) is 1.71. The van der Waals surface area contributed by atoms with Gasteiger partial charge in [-0.05, 0) is 19.9 Å². The molecule has 1 rings (SSSR count). The molecule has 0 radical (unpaired) electrons. The number of ether oxygens (including phenoxy) is 1. The van der Waals surface area contributed by atoms with Gasteiger partial charge in [-0.25, -0.2) is 0 Å². The van der Waals surface area contributed by atoms with Crippen LogP contribution in [0.25, 0.3) is 0 Å². The molecule has 0 fully saturated rings. The lowest BCUT2D eigenvalue weighted by molar-refractivity contribution is -0.144. The molecule has 0 N–H and O–H groups in total. The van der Waals surface area contributed by atoms with Crippen molar-refractivity contribution < 1.29 is 9.53 Å². The molecular formula is C9H13ClN2O2. The average Bonchev–Trinajstić information content (AvgIpc) is 2.46. The van der Waals surface area contributed by atoms with E-state index in [1.54, 1.807) is 11.6 Å². The van der Waals surface area contributed by atoms with Crippen molar-refractivity contribution in [2.24, 2.45) is 0 Å². The van der Waals surface area contributed by atoms with Gasteiger partial charge in [-0.15, -0.1) is 11.6 Å². The van der Waals surface area contributed by atoms with Crippen LogP contribution >= 0.6 is 11.6 Å². The molecule has 0 aromatic carbocycles. The van der Waals surface area contributed by atoms with Crippen LogP contribution in [0.3, 0.4) is 0 Å². The largest absolute Gasteiger partial charge is 0.465 e. The summed E-state index contributed by atoms with van der Waals surface area (Å²) in [6.45, 7) is 4.14. The lowest BCUT2D eigenvalue weighted by Gasteiger charge is -2.04. The highest BCUT2D eigenvalue weighted by molar-refractivity contribution is 6.16. The van der Waals surface area contributed by atoms with Crippen molar-refractivity contribution in [2.75, 3.05) is 6.61 Å². The molecule has 0 saturated heterocycles. The van der Waals surface area contributed by atoms with Crippen molar-refractivity contribution in [1.82, 2.24) is 9.78 Å². The van der Waals surface area contributed by atoms with Gasteiger partial charge in [0.05, 0.1) is 23.9 Å². The van der Waals surface area contributed by atoms with E-state index in [0.717, 1.165) is 11.4 Å². The first kappa shape index (κ1) is 11.0. The minimum atomic E-state index is -0.290. The second kappa shape index (κ2) is 5.00. The number of aryl methyl sites for hydroxylation is 1. The van der Waals surface area contributed by atoms with E-state index in [-0.39, 0.29) is 12.5 Å². The quantitative estimate of drug-likeness (QED) is 0.566. The molecule has 0 unspecified atom stereocenters. The van der Waals surface area contributed by atoms with Gasteiger partial charge >= 0.3 is 5.97 Å². The number of hydrogen-bond acceptors (Lipinski definition) is 3. The van der Waals surface area contributed by atoms with Gasteiger partial charge in [-0.1, -0.05) is 0 Å². The number of nitrogens with zero attached hydrogens (tertiary/aromatic N) is 2. The molecule has 1 aromatic heterocycles. The highest BCUT2D eigenvalue weighted by atomic mass is 35.5. The lowest BCUT2D eigenvalue weighted by Crippen LogP contribution is -2.16. The molecule has 1 aromatic rings. The summed E-state index contributed by atoms with van der Waals surface area (Å²) in [6, 6.07) is 1.85. The third-order valence-corrected chi connectivity index (χ3v) is 1.98. The highest BCUT2D eigenvalue weighted by Gasteiger charge is 2.09. The number of rotatable bonds is 4. The summed E-state index contributed by atoms with van der Waals surface area (Å²) in [5.74, 6) is 0.0576. The second-order valence-corrected chi connectivity index (χ2v) is 3.14. The van der Waals surface area contributed by atoms with Crippen LogP contribution in [0.15, 0.2) is 6.07 Å². The Labute approximate surface area is 87.8 Å². The molecule has 5 heteroatoms. The maximum absolute atomic E-state index is 11.2. The van der Waals surface area contributed by atoms with Crippen LogP contribution in [0, 0.1) is 6.92 Å². The second-order valence-electron chi connectivity index (χ2n) is 2.87. The van der Waals surface area contributed by atoms with E-state index in [2.05, 4.69) is 5.10 Å². The molecule has 0 aliphatic carbocycles. The summed E-state index contributed by atoms with van der Waals surface area (Å²) in [4.78, 5) is 11.2. The summed E-state index contributed by atoms with van der Waals surface area (Å²) < 4.78 is 6.38. The maximum atomic E-state index is 11.2. The Kier molecular flexibility index (Phi) is 3.95. The number of hydrogen-bond donors (Lipinski definition) is 0. The standard InChI is InChI=1S/C9H13ClN2O2/c1-3-14-9(13)6-12-8(5-10)4-7(2)11-12/h4H,3,5-6H2,1-2H3. The van der Waals surface area contributed by atoms with Crippen molar-refractivity contribution in [3.63, 3.8) is 0 Å². The van der Waals surface area contributed by atoms with Gasteiger partial charge in [0.2, 0.25) is 0 Å². The number of aromatic nitrogens is 2. The maximum Gasteiger partial charge on any atom is 0.327 e. The number of carbonyl (C=O) groups is 1. The monoisotopic (exact) mass is 216 g/mol. The first-order valence-corrected chi connectivity index (χ1v) is 4.95. The van der Waals surface area contributed by atoms with Crippen molar-refractivity contribution in [3.8, 4) is 0 Å². The van der Waals surface area contributed by atoms with Crippen LogP contribution in [0.1, 0.15) is 18.3 Å². The van der Waals surface area contributed by atoms with E-state index in [1.165, 1.54) is 0 Å². The minimum Gasteiger partial charge on any atom is -0.465 e. The van der Waals surface area contributed by atoms with E-state index in [9.17, 15) is 4.79 Å². The predicted octanol–water partition coefficient (Wildman–Crippen LogP) is 1.49. The summed E-state index contributed by atoms with van der Waals surface area (Å²) in [5.41, 5.74) is 1.68. The summed E-state index contributed by atoms with van der Waals surface area (Å²) in [5, 5.41) is 4.14. The van der Waals surface area contributed by atoms with Gasteiger partial charge in [0.25, 0.3) is 0 Å². The van der Waals surface area contributed by atoms with Gasteiger partial charge < -0.3 is 4.74 Å². The zero-order valence-electron chi connectivity index (χ0n) is 8.29. The molecule has 0 atom stereocenters. The fourth-order valence-electron chi connectivity index (χ4n) is 1.17. The molecule has 14 heavy (non-hydrogen) atoms. The van der Waals surface area contributed by atoms with E-state index in [4.69, 9.17) is 16.3 Å². The lowest BCUT2D eigenvalue weighted by atomic mass is 10.4. The average molecular weight is 217 g/mol. The normalized spacial score (nSPS) is 10.2. The molecule has 4 nitrogen and oxygen atoms in total. The number of carbonyl (C=O) groups excluding carboxylic acids is 1. The molecule has 78 valence electrons. The van der Waals surface area contributed by atoms with Crippen molar-refractivity contribution in [1.29, 1.82) is 0 Å². The van der Waals surface area contributed by atoms with Gasteiger partial charge in [0, 0.05) is 0 Å². The SMILES string of the molecule is CCOC(=O)Cn1nc(C)cc1CCl. The smallest absolute Gasteiger partial charge is 0.327 e. The molecule has 0 saturated carbocycles. The zero-order valence-corrected chi connectivity index (χ0v) is 9.04. The van der Waals surface area contributed by atoms with Crippen LogP contribution < -0.4 is 0 Å². The Balaban J connectivity index is 2.70. The zero-order chi connectivity index (χ0) is 10.6. The van der Waals surface area contributed by atoms with E-state index in [0.29, 0.717) is 12.5 Å². The molecular weight excluding hydrogens is 204 g/mol. The fourth-order valence-corrected chi connectivity index (χ4v) is 1.39. The first-order valence-electron chi connectivity index (χ1n) is 4.42. The third kappa shape index (κ3) is 2.73. The van der Waals surface area contributed by atoms with Crippen molar-refractivity contribution in [2.45, 2.75) is 26.3 Å². The summed E-state index contributed by atoms with van der Waals surface area (Å²) in [7, 11) is 0. The van der Waals surface area contributed by atoms with Gasteiger partial charge in [0.1, 0.15) is 6.54 Å². The van der Waals surface area contributed by atoms with E-state index < -0.39 is 0 Å². The Bertz CT molecular complexity index is 323. The number of halogens is 1. The van der Waals surface area contributed by atoms with Crippen LogP contribution in [0.5, 0.6) is 0 Å². The molecule has 0 bridgehead atoms. The summed E-state index contributed by atoms with van der Waals surface area (Å²) >= 11 is 5.69. The van der Waals surface area contributed by atoms with Crippen molar-refractivity contribution >= 4 is 17.6 Å².